The molecule has 0 aliphatic heterocycles. The fourth-order valence-corrected chi connectivity index (χ4v) is 5.07. The summed E-state index contributed by atoms with van der Waals surface area (Å²) in [6, 6.07) is 15.7. The molecule has 0 aliphatic carbocycles. The summed E-state index contributed by atoms with van der Waals surface area (Å²) in [5.41, 5.74) is 2.66. The average Bonchev–Trinajstić information content (AvgIpc) is 3.72. The van der Waals surface area contributed by atoms with Crippen molar-refractivity contribution >= 4 is 132 Å². The first-order valence-electron chi connectivity index (χ1n) is 11.7. The van der Waals surface area contributed by atoms with Crippen LogP contribution < -0.4 is 17.0 Å². The van der Waals surface area contributed by atoms with Crippen molar-refractivity contribution in [3.8, 4) is 0 Å². The maximum Gasteiger partial charge on any atom is 2.00 e. The third-order valence-electron chi connectivity index (χ3n) is 5.56. The van der Waals surface area contributed by atoms with Gasteiger partial charge in [-0.25, -0.2) is 0 Å². The minimum absolute atomic E-state index is 0. The van der Waals surface area contributed by atoms with Gasteiger partial charge in [-0.15, -0.1) is 0 Å². The predicted molar refractivity (Wildman–Crippen MR) is 184 cm³/mol. The van der Waals surface area contributed by atoms with Crippen molar-refractivity contribution in [1.82, 2.24) is 19.5 Å². The molecule has 6 rings (SSSR count). The van der Waals surface area contributed by atoms with E-state index in [2.05, 4.69) is 28.1 Å². The number of rotatable bonds is 3. The first kappa shape index (κ1) is 40.3. The Kier molecular flexibility index (Phi) is 17.5. The van der Waals surface area contributed by atoms with Gasteiger partial charge in [-0.2, -0.15) is 0 Å². The van der Waals surface area contributed by atoms with Gasteiger partial charge < -0.3 is 43.1 Å². The molecule has 3 aromatic carbocycles. The Morgan fingerprint density at radius 2 is 1.45 bits per heavy atom. The molecule has 0 fully saturated rings. The molecule has 0 spiro atoms. The van der Waals surface area contributed by atoms with Crippen LogP contribution in [0.3, 0.4) is 0 Å². The Morgan fingerprint density at radius 3 is 2.05 bits per heavy atom. The summed E-state index contributed by atoms with van der Waals surface area (Å²) in [5.74, 6) is 0. The van der Waals surface area contributed by atoms with Crippen molar-refractivity contribution in [2.45, 2.75) is 6.54 Å². The largest absolute Gasteiger partial charge is 2.00 e. The third-order valence-corrected chi connectivity index (χ3v) is 8.19. The van der Waals surface area contributed by atoms with Gasteiger partial charge >= 0.3 is 23.1 Å². The number of H-pyrrole nitrogens is 3. The van der Waals surface area contributed by atoms with Crippen LogP contribution in [-0.4, -0.2) is 47.5 Å². The van der Waals surface area contributed by atoms with E-state index in [1.807, 2.05) is 47.4 Å². The van der Waals surface area contributed by atoms with Crippen molar-refractivity contribution in [2.24, 2.45) is 0 Å². The zero-order chi connectivity index (χ0) is 31.0. The quantitative estimate of drug-likeness (QED) is 0.0557. The maximum atomic E-state index is 10.2. The van der Waals surface area contributed by atoms with Gasteiger partial charge in [-0.1, -0.05) is 87.8 Å². The second-order valence-corrected chi connectivity index (χ2v) is 10.9. The summed E-state index contributed by atoms with van der Waals surface area (Å²) in [6.45, 7) is 7.66. The van der Waals surface area contributed by atoms with Crippen molar-refractivity contribution in [3.05, 3.63) is 137 Å². The predicted octanol–water partition coefficient (Wildman–Crippen LogP) is 7.99. The number of aromatic nitrogens is 4. The SMILES string of the molecule is Clc1ccc2cc[nH]c2c1Cl.O=[N+]([O-])c1cccc(Cl)c1Cl.S=c1[nH]cc(Cn2ccc3ccc(Cl)c(Cl)c32)[nH]1.[Br-].[CH-]=C.[Mg+2]. The zero-order valence-corrected chi connectivity index (χ0v) is 30.7. The number of halogens is 7. The third kappa shape index (κ3) is 10.2. The van der Waals surface area contributed by atoms with E-state index in [4.69, 9.17) is 81.8 Å². The molecule has 0 unspecified atom stereocenters. The number of hydrogen-bond acceptors (Lipinski definition) is 3. The standard InChI is InChI=1S/C12H9Cl2N3S.C8H5Cl2N.C6H3Cl2NO2.C2H3.BrH.Mg/c13-9-2-1-7-3-4-17(11(7)10(9)14)6-8-5-15-12(18)16-8;9-6-2-1-5-3-4-11-8(5)7(6)10;7-4-2-1-3-5(6(4)8)9(10)11;1-2;;/h1-5H,6H2,(H2,15,16,18);1-4,11H;1-3H;1H,2H2;1H;/q;;;-1;;+2/p-1. The van der Waals surface area contributed by atoms with E-state index in [0.29, 0.717) is 31.4 Å². The molecule has 16 heteroatoms. The first-order chi connectivity index (χ1) is 20.1. The maximum absolute atomic E-state index is 10.2. The van der Waals surface area contributed by atoms with E-state index in [1.165, 1.54) is 18.2 Å². The molecule has 0 bridgehead atoms. The Hall–Kier alpha value is -1.70. The topological polar surface area (TPSA) is 95.4 Å². The van der Waals surface area contributed by atoms with E-state index in [9.17, 15) is 10.1 Å². The van der Waals surface area contributed by atoms with Crippen LogP contribution >= 0.6 is 81.8 Å². The van der Waals surface area contributed by atoms with Crippen LogP contribution in [0.4, 0.5) is 5.69 Å². The number of nitrogens with one attached hydrogen (secondary N) is 3. The summed E-state index contributed by atoms with van der Waals surface area (Å²) >= 11 is 40.0. The van der Waals surface area contributed by atoms with E-state index in [0.717, 1.165) is 27.5 Å². The Balaban J connectivity index is 0.000000328. The normalized spacial score (nSPS) is 9.77. The second kappa shape index (κ2) is 19.1. The molecule has 6 aromatic rings. The molecule has 0 aliphatic rings. The molecule has 0 saturated carbocycles. The summed E-state index contributed by atoms with van der Waals surface area (Å²) in [4.78, 5) is 18.7. The molecule has 0 saturated heterocycles. The minimum Gasteiger partial charge on any atom is -1.00 e. The van der Waals surface area contributed by atoms with Crippen molar-refractivity contribution < 1.29 is 21.9 Å². The molecule has 0 amide bonds. The summed E-state index contributed by atoms with van der Waals surface area (Å²) in [7, 11) is 0. The van der Waals surface area contributed by atoms with Gasteiger partial charge in [0.25, 0.3) is 5.69 Å². The molecular formula is C28H20BrCl6MgN5O2S. The number of nitrogens with zero attached hydrogens (tertiary/aromatic N) is 2. The summed E-state index contributed by atoms with van der Waals surface area (Å²) in [5, 5.41) is 14.9. The van der Waals surface area contributed by atoms with Gasteiger partial charge in [0.2, 0.25) is 0 Å². The molecular weight excluding hydrogens is 787 g/mol. The molecule has 0 atom stereocenters. The smallest absolute Gasteiger partial charge is 1.00 e. The number of imidazole rings is 1. The number of fused-ring (bicyclic) bond motifs is 2. The van der Waals surface area contributed by atoms with E-state index in [1.54, 1.807) is 12.1 Å². The van der Waals surface area contributed by atoms with Crippen LogP contribution in [-0.2, 0) is 6.54 Å². The van der Waals surface area contributed by atoms with Crippen LogP contribution in [0.2, 0.25) is 30.1 Å². The van der Waals surface area contributed by atoms with Crippen LogP contribution in [0, 0.1) is 21.5 Å². The Bertz CT molecular complexity index is 1910. The minimum atomic E-state index is -0.575. The number of hydrogen-bond donors (Lipinski definition) is 3. The van der Waals surface area contributed by atoms with Gasteiger partial charge in [0.05, 0.1) is 53.3 Å². The van der Waals surface area contributed by atoms with Crippen LogP contribution in [0.1, 0.15) is 5.69 Å². The van der Waals surface area contributed by atoms with Gasteiger partial charge in [0, 0.05) is 35.4 Å². The van der Waals surface area contributed by atoms with Crippen LogP contribution in [0.5, 0.6) is 0 Å². The zero-order valence-electron chi connectivity index (χ0n) is 22.4. The van der Waals surface area contributed by atoms with Gasteiger partial charge in [0.1, 0.15) is 5.02 Å². The van der Waals surface area contributed by atoms with Gasteiger partial charge in [0.15, 0.2) is 4.77 Å². The van der Waals surface area contributed by atoms with E-state index >= 15 is 0 Å². The fraction of sp³-hybridized carbons (Fsp3) is 0.0357. The molecule has 7 nitrogen and oxygen atoms in total. The number of aromatic amines is 3. The number of benzene rings is 3. The second-order valence-electron chi connectivity index (χ2n) is 8.14. The molecule has 3 aromatic heterocycles. The number of nitro groups is 1. The summed E-state index contributed by atoms with van der Waals surface area (Å²) < 4.78 is 2.66. The van der Waals surface area contributed by atoms with Crippen molar-refractivity contribution in [1.29, 1.82) is 0 Å². The Labute approximate surface area is 314 Å². The van der Waals surface area contributed by atoms with Crippen LogP contribution in [0.25, 0.3) is 21.8 Å². The van der Waals surface area contributed by atoms with E-state index < -0.39 is 4.92 Å². The van der Waals surface area contributed by atoms with Gasteiger partial charge in [-0.3, -0.25) is 16.7 Å². The molecule has 3 heterocycles. The molecule has 226 valence electrons. The molecule has 44 heavy (non-hydrogen) atoms. The molecule has 0 radical (unpaired) electrons. The first-order valence-corrected chi connectivity index (χ1v) is 14.3. The fourth-order valence-electron chi connectivity index (χ4n) is 3.70. The number of nitro benzene ring substituents is 1. The van der Waals surface area contributed by atoms with Crippen molar-refractivity contribution in [3.63, 3.8) is 0 Å². The van der Waals surface area contributed by atoms with Crippen LogP contribution in [0.15, 0.2) is 79.8 Å². The molecule has 3 N–H and O–H groups in total. The summed E-state index contributed by atoms with van der Waals surface area (Å²) in [6.07, 6.45) is 5.68. The average molecular weight is 807 g/mol. The van der Waals surface area contributed by atoms with E-state index in [-0.39, 0.29) is 55.8 Å². The van der Waals surface area contributed by atoms with Crippen molar-refractivity contribution in [2.75, 3.05) is 0 Å². The Morgan fingerprint density at radius 1 is 0.841 bits per heavy atom. The monoisotopic (exact) mass is 803 g/mol. The van der Waals surface area contributed by atoms with Gasteiger partial charge in [-0.05, 0) is 42.5 Å².